The van der Waals surface area contributed by atoms with E-state index >= 15 is 0 Å². The molecule has 9 nitrogen and oxygen atoms in total. The number of anilines is 1. The molecule has 2 amide bonds. The predicted molar refractivity (Wildman–Crippen MR) is 120 cm³/mol. The Morgan fingerprint density at radius 3 is 2.91 bits per heavy atom. The zero-order chi connectivity index (χ0) is 22.2. The van der Waals surface area contributed by atoms with Gasteiger partial charge in [-0.05, 0) is 67.4 Å². The average molecular weight is 458 g/mol. The zero-order valence-electron chi connectivity index (χ0n) is 18.2. The van der Waals surface area contributed by atoms with Crippen molar-refractivity contribution in [2.24, 2.45) is 5.92 Å². The van der Waals surface area contributed by atoms with Crippen molar-refractivity contribution in [2.75, 3.05) is 31.5 Å². The molecule has 3 aliphatic rings. The highest BCUT2D eigenvalue weighted by atomic mass is 35.5. The smallest absolute Gasteiger partial charge is 0.229 e. The van der Waals surface area contributed by atoms with Crippen molar-refractivity contribution in [1.29, 1.82) is 0 Å². The van der Waals surface area contributed by atoms with Crippen LogP contribution in [0.25, 0.3) is 5.69 Å². The van der Waals surface area contributed by atoms with Gasteiger partial charge in [-0.2, -0.15) is 4.68 Å². The van der Waals surface area contributed by atoms with E-state index in [-0.39, 0.29) is 24.2 Å². The lowest BCUT2D eigenvalue weighted by Gasteiger charge is -2.27. The van der Waals surface area contributed by atoms with Crippen LogP contribution in [0, 0.1) is 5.92 Å². The van der Waals surface area contributed by atoms with Gasteiger partial charge in [0.15, 0.2) is 5.82 Å². The summed E-state index contributed by atoms with van der Waals surface area (Å²) >= 11 is 6.41. The fourth-order valence-electron chi connectivity index (χ4n) is 4.86. The van der Waals surface area contributed by atoms with Gasteiger partial charge in [0, 0.05) is 37.2 Å². The summed E-state index contributed by atoms with van der Waals surface area (Å²) in [6.45, 7) is 5.43. The van der Waals surface area contributed by atoms with E-state index in [9.17, 15) is 9.59 Å². The van der Waals surface area contributed by atoms with Gasteiger partial charge in [-0.25, -0.2) is 0 Å². The van der Waals surface area contributed by atoms with Crippen LogP contribution in [-0.4, -0.2) is 74.0 Å². The maximum absolute atomic E-state index is 13.0. The van der Waals surface area contributed by atoms with Crippen molar-refractivity contribution < 1.29 is 9.59 Å². The molecule has 1 aromatic carbocycles. The van der Waals surface area contributed by atoms with Crippen LogP contribution < -0.4 is 5.32 Å². The summed E-state index contributed by atoms with van der Waals surface area (Å²) in [7, 11) is 0. The van der Waals surface area contributed by atoms with E-state index in [4.69, 9.17) is 11.6 Å². The van der Waals surface area contributed by atoms with Gasteiger partial charge in [0.1, 0.15) is 0 Å². The second-order valence-corrected chi connectivity index (χ2v) is 9.41. The SMILES string of the molecule is CCN1CCCC1CN1CC(C(=O)Nc2ccc(Cl)c(-n3nnnc3C3CC3)c2)CC1=O. The second kappa shape index (κ2) is 8.78. The summed E-state index contributed by atoms with van der Waals surface area (Å²) in [5.74, 6) is 0.714. The number of nitrogens with one attached hydrogen (secondary N) is 1. The number of amides is 2. The fraction of sp³-hybridized carbons (Fsp3) is 0.591. The Bertz CT molecular complexity index is 1020. The number of likely N-dealkylation sites (tertiary alicyclic amines) is 2. The molecular weight excluding hydrogens is 430 g/mol. The third-order valence-electron chi connectivity index (χ3n) is 6.80. The Hall–Kier alpha value is -2.52. The van der Waals surface area contributed by atoms with Crippen LogP contribution in [0.1, 0.15) is 50.8 Å². The topological polar surface area (TPSA) is 96.2 Å². The Kier molecular flexibility index (Phi) is 5.86. The summed E-state index contributed by atoms with van der Waals surface area (Å²) in [6.07, 6.45) is 4.67. The number of hydrogen-bond acceptors (Lipinski definition) is 6. The number of nitrogens with zero attached hydrogens (tertiary/aromatic N) is 6. The number of hydrogen-bond donors (Lipinski definition) is 1. The lowest BCUT2D eigenvalue weighted by atomic mass is 10.1. The van der Waals surface area contributed by atoms with Gasteiger partial charge in [0.2, 0.25) is 11.8 Å². The first kappa shape index (κ1) is 21.3. The molecule has 2 unspecified atom stereocenters. The minimum Gasteiger partial charge on any atom is -0.340 e. The van der Waals surface area contributed by atoms with Gasteiger partial charge in [-0.15, -0.1) is 5.10 Å². The summed E-state index contributed by atoms with van der Waals surface area (Å²) in [4.78, 5) is 29.8. The number of tetrazole rings is 1. The van der Waals surface area contributed by atoms with E-state index < -0.39 is 0 Å². The molecule has 3 fully saturated rings. The molecule has 0 spiro atoms. The Morgan fingerprint density at radius 1 is 1.28 bits per heavy atom. The minimum absolute atomic E-state index is 0.0627. The zero-order valence-corrected chi connectivity index (χ0v) is 19.0. The number of carbonyl (C=O) groups is 2. The molecule has 2 atom stereocenters. The molecule has 2 saturated heterocycles. The van der Waals surface area contributed by atoms with Gasteiger partial charge in [-0.1, -0.05) is 18.5 Å². The predicted octanol–water partition coefficient (Wildman–Crippen LogP) is 2.46. The maximum Gasteiger partial charge on any atom is 0.229 e. The summed E-state index contributed by atoms with van der Waals surface area (Å²) in [5, 5.41) is 15.5. The first-order chi connectivity index (χ1) is 15.5. The van der Waals surface area contributed by atoms with E-state index in [0.717, 1.165) is 38.2 Å². The molecule has 3 heterocycles. The molecule has 170 valence electrons. The second-order valence-electron chi connectivity index (χ2n) is 9.00. The standard InChI is InChI=1S/C22H28ClN7O2/c1-2-28-9-3-4-17(28)13-29-12-15(10-20(29)31)22(32)24-16-7-8-18(23)19(11-16)30-21(14-5-6-14)25-26-27-30/h7-8,11,14-15,17H,2-6,9-10,12-13H2,1H3,(H,24,32). The lowest BCUT2D eigenvalue weighted by molar-refractivity contribution is -0.128. The van der Waals surface area contributed by atoms with Crippen molar-refractivity contribution in [1.82, 2.24) is 30.0 Å². The number of carbonyl (C=O) groups excluding carboxylic acids is 2. The third-order valence-corrected chi connectivity index (χ3v) is 7.12. The van der Waals surface area contributed by atoms with Gasteiger partial charge >= 0.3 is 0 Å². The monoisotopic (exact) mass is 457 g/mol. The minimum atomic E-state index is -0.354. The largest absolute Gasteiger partial charge is 0.340 e. The number of likely N-dealkylation sites (N-methyl/N-ethyl adjacent to an activating group) is 1. The van der Waals surface area contributed by atoms with Crippen molar-refractivity contribution >= 4 is 29.1 Å². The number of rotatable bonds is 7. The van der Waals surface area contributed by atoms with Crippen LogP contribution >= 0.6 is 11.6 Å². The summed E-state index contributed by atoms with van der Waals surface area (Å²) in [5.41, 5.74) is 1.26. The van der Waals surface area contributed by atoms with Crippen LogP contribution in [0.15, 0.2) is 18.2 Å². The quantitative estimate of drug-likeness (QED) is 0.686. The first-order valence-electron chi connectivity index (χ1n) is 11.4. The normalized spacial score (nSPS) is 23.8. The molecule has 0 radical (unpaired) electrons. The summed E-state index contributed by atoms with van der Waals surface area (Å²) in [6, 6.07) is 5.68. The number of benzene rings is 1. The number of aromatic nitrogens is 4. The molecular formula is C22H28ClN7O2. The average Bonchev–Trinajstić information content (AvgIpc) is 3.18. The molecule has 10 heteroatoms. The molecule has 1 aromatic heterocycles. The molecule has 2 aliphatic heterocycles. The Morgan fingerprint density at radius 2 is 2.12 bits per heavy atom. The molecule has 0 bridgehead atoms. The Balaban J connectivity index is 1.25. The van der Waals surface area contributed by atoms with Gasteiger partial charge in [0.05, 0.1) is 16.6 Å². The van der Waals surface area contributed by atoms with E-state index in [0.29, 0.717) is 41.4 Å². The van der Waals surface area contributed by atoms with Crippen LogP contribution in [0.4, 0.5) is 5.69 Å². The van der Waals surface area contributed by atoms with Gasteiger partial charge in [0.25, 0.3) is 0 Å². The van der Waals surface area contributed by atoms with E-state index in [1.165, 1.54) is 6.42 Å². The van der Waals surface area contributed by atoms with Crippen molar-refractivity contribution in [3.05, 3.63) is 29.0 Å². The lowest BCUT2D eigenvalue weighted by Crippen LogP contribution is -2.41. The molecule has 1 saturated carbocycles. The first-order valence-corrected chi connectivity index (χ1v) is 11.8. The van der Waals surface area contributed by atoms with Gasteiger partial charge in [-0.3, -0.25) is 14.5 Å². The highest BCUT2D eigenvalue weighted by Crippen LogP contribution is 2.40. The fourth-order valence-corrected chi connectivity index (χ4v) is 5.05. The van der Waals surface area contributed by atoms with Crippen LogP contribution in [-0.2, 0) is 9.59 Å². The molecule has 32 heavy (non-hydrogen) atoms. The van der Waals surface area contributed by atoms with Crippen LogP contribution in [0.2, 0.25) is 5.02 Å². The highest BCUT2D eigenvalue weighted by Gasteiger charge is 2.37. The third kappa shape index (κ3) is 4.23. The van der Waals surface area contributed by atoms with E-state index in [1.807, 2.05) is 4.90 Å². The molecule has 1 aliphatic carbocycles. The van der Waals surface area contributed by atoms with Crippen molar-refractivity contribution in [3.63, 3.8) is 0 Å². The molecule has 1 N–H and O–H groups in total. The van der Waals surface area contributed by atoms with Crippen LogP contribution in [0.5, 0.6) is 0 Å². The summed E-state index contributed by atoms with van der Waals surface area (Å²) < 4.78 is 1.65. The highest BCUT2D eigenvalue weighted by molar-refractivity contribution is 6.32. The van der Waals surface area contributed by atoms with Crippen LogP contribution in [0.3, 0.4) is 0 Å². The van der Waals surface area contributed by atoms with Gasteiger partial charge < -0.3 is 10.2 Å². The Labute approximate surface area is 192 Å². The maximum atomic E-state index is 13.0. The number of halogens is 1. The van der Waals surface area contributed by atoms with E-state index in [1.54, 1.807) is 22.9 Å². The molecule has 2 aromatic rings. The van der Waals surface area contributed by atoms with E-state index in [2.05, 4.69) is 32.7 Å². The molecule has 5 rings (SSSR count). The van der Waals surface area contributed by atoms with Crippen molar-refractivity contribution in [2.45, 2.75) is 51.0 Å². The van der Waals surface area contributed by atoms with Crippen molar-refractivity contribution in [3.8, 4) is 5.69 Å².